The zero-order valence-corrected chi connectivity index (χ0v) is 11.2. The van der Waals surface area contributed by atoms with Crippen LogP contribution in [0, 0.1) is 0 Å². The van der Waals surface area contributed by atoms with Crippen molar-refractivity contribution in [3.05, 3.63) is 0 Å². The summed E-state index contributed by atoms with van der Waals surface area (Å²) in [6.45, 7) is 4.07. The molecule has 0 N–H and O–H groups in total. The lowest BCUT2D eigenvalue weighted by atomic mass is 10.9. The molecule has 1 unspecified atom stereocenters. The summed E-state index contributed by atoms with van der Waals surface area (Å²) in [6.07, 6.45) is 0. The fourth-order valence-electron chi connectivity index (χ4n) is 1.09. The second-order valence-electron chi connectivity index (χ2n) is 2.87. The SMILES string of the molecule is CO[Si](OC)C(C)[Si](C)(OC)OC. The topological polar surface area (TPSA) is 36.9 Å². The zero-order valence-electron chi connectivity index (χ0n) is 9.21. The normalized spacial score (nSPS) is 15.0. The predicted molar refractivity (Wildman–Crippen MR) is 54.8 cm³/mol. The van der Waals surface area contributed by atoms with Gasteiger partial charge in [0.25, 0.3) is 0 Å². The molecule has 0 aromatic rings. The van der Waals surface area contributed by atoms with Crippen LogP contribution < -0.4 is 0 Å². The second kappa shape index (κ2) is 5.89. The van der Waals surface area contributed by atoms with Crippen LogP contribution in [0.25, 0.3) is 0 Å². The standard InChI is InChI=1S/C7H19O4Si2/c1-7(12(8-2)9-3)13(6,10-4)11-5/h7H,1-6H3. The Kier molecular flexibility index (Phi) is 6.01. The average molecular weight is 223 g/mol. The van der Waals surface area contributed by atoms with Gasteiger partial charge < -0.3 is 17.7 Å². The summed E-state index contributed by atoms with van der Waals surface area (Å²) in [5, 5.41) is 0.225. The molecule has 1 atom stereocenters. The summed E-state index contributed by atoms with van der Waals surface area (Å²) in [4.78, 5) is 0. The summed E-state index contributed by atoms with van der Waals surface area (Å²) in [5.41, 5.74) is 0. The van der Waals surface area contributed by atoms with Crippen molar-refractivity contribution in [1.29, 1.82) is 0 Å². The van der Waals surface area contributed by atoms with Crippen LogP contribution in [0.4, 0.5) is 0 Å². The maximum atomic E-state index is 5.42. The van der Waals surface area contributed by atoms with Crippen LogP contribution in [0.3, 0.4) is 0 Å². The van der Waals surface area contributed by atoms with Crippen LogP contribution in [0.1, 0.15) is 6.92 Å². The Bertz CT molecular complexity index is 136. The first-order valence-electron chi connectivity index (χ1n) is 4.10. The van der Waals surface area contributed by atoms with Crippen molar-refractivity contribution >= 4 is 17.8 Å². The first-order valence-corrected chi connectivity index (χ1v) is 7.89. The molecule has 0 bridgehead atoms. The van der Waals surface area contributed by atoms with Crippen LogP contribution in [-0.4, -0.2) is 46.3 Å². The average Bonchev–Trinajstić information content (AvgIpc) is 2.18. The highest BCUT2D eigenvalue weighted by molar-refractivity contribution is 6.79. The molecule has 0 aromatic carbocycles. The van der Waals surface area contributed by atoms with E-state index < -0.39 is 17.8 Å². The van der Waals surface area contributed by atoms with E-state index >= 15 is 0 Å². The fourth-order valence-corrected chi connectivity index (χ4v) is 5.96. The molecule has 0 fully saturated rings. The summed E-state index contributed by atoms with van der Waals surface area (Å²) < 4.78 is 21.4. The van der Waals surface area contributed by atoms with Gasteiger partial charge in [0.05, 0.1) is 0 Å². The Morgan fingerprint density at radius 1 is 1.00 bits per heavy atom. The van der Waals surface area contributed by atoms with Gasteiger partial charge in [0.1, 0.15) is 0 Å². The van der Waals surface area contributed by atoms with Gasteiger partial charge in [-0.1, -0.05) is 6.92 Å². The first-order chi connectivity index (χ1) is 6.05. The van der Waals surface area contributed by atoms with E-state index in [4.69, 9.17) is 17.7 Å². The summed E-state index contributed by atoms with van der Waals surface area (Å²) in [6, 6.07) is 0. The highest BCUT2D eigenvalue weighted by atomic mass is 28.4. The molecule has 4 nitrogen and oxygen atoms in total. The molecule has 0 aliphatic rings. The summed E-state index contributed by atoms with van der Waals surface area (Å²) in [7, 11) is 3.30. The highest BCUT2D eigenvalue weighted by Crippen LogP contribution is 2.25. The van der Waals surface area contributed by atoms with Gasteiger partial charge in [-0.15, -0.1) is 0 Å². The predicted octanol–water partition coefficient (Wildman–Crippen LogP) is 1.06. The lowest BCUT2D eigenvalue weighted by molar-refractivity contribution is 0.226. The van der Waals surface area contributed by atoms with Crippen LogP contribution in [0.15, 0.2) is 0 Å². The molecule has 79 valence electrons. The van der Waals surface area contributed by atoms with Gasteiger partial charge in [-0.25, -0.2) is 0 Å². The van der Waals surface area contributed by atoms with Crippen molar-refractivity contribution in [2.24, 2.45) is 0 Å². The molecule has 0 amide bonds. The van der Waals surface area contributed by atoms with E-state index in [2.05, 4.69) is 6.92 Å². The highest BCUT2D eigenvalue weighted by Gasteiger charge is 2.44. The molecule has 0 saturated carbocycles. The second-order valence-corrected chi connectivity index (χ2v) is 9.49. The molecule has 0 saturated heterocycles. The fraction of sp³-hybridized carbons (Fsp3) is 1.00. The third-order valence-electron chi connectivity index (χ3n) is 2.35. The Labute approximate surface area is 83.2 Å². The largest absolute Gasteiger partial charge is 0.398 e. The molecule has 6 heteroatoms. The minimum Gasteiger partial charge on any atom is -0.398 e. The van der Waals surface area contributed by atoms with E-state index in [-0.39, 0.29) is 5.16 Å². The van der Waals surface area contributed by atoms with Crippen LogP contribution in [-0.2, 0) is 17.7 Å². The Balaban J connectivity index is 4.42. The van der Waals surface area contributed by atoms with E-state index in [1.165, 1.54) is 0 Å². The Morgan fingerprint density at radius 3 is 1.62 bits per heavy atom. The van der Waals surface area contributed by atoms with Crippen molar-refractivity contribution < 1.29 is 17.7 Å². The third-order valence-corrected chi connectivity index (χ3v) is 9.34. The summed E-state index contributed by atoms with van der Waals surface area (Å²) >= 11 is 0. The van der Waals surface area contributed by atoms with E-state index in [1.807, 2.05) is 6.55 Å². The van der Waals surface area contributed by atoms with Crippen molar-refractivity contribution in [2.45, 2.75) is 18.6 Å². The molecule has 0 aliphatic carbocycles. The smallest absolute Gasteiger partial charge is 0.389 e. The van der Waals surface area contributed by atoms with E-state index in [0.29, 0.717) is 0 Å². The van der Waals surface area contributed by atoms with Gasteiger partial charge in [-0.2, -0.15) is 0 Å². The van der Waals surface area contributed by atoms with Crippen LogP contribution in [0.5, 0.6) is 0 Å². The molecular formula is C7H19O4Si2. The van der Waals surface area contributed by atoms with Gasteiger partial charge in [0.2, 0.25) is 0 Å². The monoisotopic (exact) mass is 223 g/mol. The van der Waals surface area contributed by atoms with Crippen LogP contribution in [0.2, 0.25) is 11.7 Å². The van der Waals surface area contributed by atoms with Gasteiger partial charge in [0.15, 0.2) is 0 Å². The molecular weight excluding hydrogens is 204 g/mol. The third kappa shape index (κ3) is 3.15. The molecule has 0 aromatic heterocycles. The molecule has 0 rings (SSSR count). The van der Waals surface area contributed by atoms with E-state index in [1.54, 1.807) is 28.4 Å². The van der Waals surface area contributed by atoms with Gasteiger partial charge in [-0.3, -0.25) is 0 Å². The lowest BCUT2D eigenvalue weighted by Gasteiger charge is -2.31. The van der Waals surface area contributed by atoms with Crippen molar-refractivity contribution in [1.82, 2.24) is 0 Å². The number of hydrogen-bond donors (Lipinski definition) is 0. The minimum atomic E-state index is -2.11. The van der Waals surface area contributed by atoms with E-state index in [9.17, 15) is 0 Å². The van der Waals surface area contributed by atoms with Gasteiger partial charge in [0, 0.05) is 33.6 Å². The summed E-state index contributed by atoms with van der Waals surface area (Å²) in [5.74, 6) is 0. The minimum absolute atomic E-state index is 0.225. The van der Waals surface area contributed by atoms with Crippen molar-refractivity contribution in [2.75, 3.05) is 28.4 Å². The molecule has 1 radical (unpaired) electrons. The Hall–Kier alpha value is 0.274. The van der Waals surface area contributed by atoms with Crippen molar-refractivity contribution in [3.8, 4) is 0 Å². The first kappa shape index (κ1) is 13.3. The molecule has 0 spiro atoms. The quantitative estimate of drug-likeness (QED) is 0.631. The van der Waals surface area contributed by atoms with E-state index in [0.717, 1.165) is 0 Å². The van der Waals surface area contributed by atoms with Gasteiger partial charge in [-0.05, 0) is 6.55 Å². The maximum Gasteiger partial charge on any atom is 0.389 e. The molecule has 0 aliphatic heterocycles. The van der Waals surface area contributed by atoms with Crippen LogP contribution >= 0.6 is 0 Å². The van der Waals surface area contributed by atoms with Crippen molar-refractivity contribution in [3.63, 3.8) is 0 Å². The molecule has 0 heterocycles. The lowest BCUT2D eigenvalue weighted by Crippen LogP contribution is -2.48. The maximum absolute atomic E-state index is 5.42. The Morgan fingerprint density at radius 2 is 1.38 bits per heavy atom. The number of rotatable bonds is 6. The zero-order chi connectivity index (χ0) is 10.5. The van der Waals surface area contributed by atoms with Gasteiger partial charge >= 0.3 is 17.8 Å². The molecule has 13 heavy (non-hydrogen) atoms. The number of hydrogen-bond acceptors (Lipinski definition) is 4.